The third-order valence-electron chi connectivity index (χ3n) is 9.94. The second-order valence-electron chi connectivity index (χ2n) is 13.5. The van der Waals surface area contributed by atoms with Crippen LogP contribution in [0.2, 0.25) is 10.0 Å². The van der Waals surface area contributed by atoms with Gasteiger partial charge in [-0.1, -0.05) is 65.7 Å². The number of amides is 1. The molecule has 2 fully saturated rings. The van der Waals surface area contributed by atoms with Crippen molar-refractivity contribution in [1.82, 2.24) is 35.2 Å². The van der Waals surface area contributed by atoms with E-state index in [0.29, 0.717) is 85.1 Å². The van der Waals surface area contributed by atoms with Gasteiger partial charge in [0.2, 0.25) is 11.8 Å². The number of pyridine rings is 2. The number of fused-ring (bicyclic) bond motifs is 1. The first-order valence-corrected chi connectivity index (χ1v) is 20.4. The lowest BCUT2D eigenvalue weighted by atomic mass is 9.97. The van der Waals surface area contributed by atoms with Crippen LogP contribution in [0.4, 0.5) is 0 Å². The average molecular weight is 791 g/mol. The standard InChI is InChI=1S/C39H41Cl2N7O5S/c1-53-38-26(21-43-24-28-9-11-35(49)45-28)8-10-33(46-38)32-7-3-6-31(37(32)41)30-5-2-4-29(36(30)40)25-12-14-48-34(20-25)44-23-27(39(48)50)22-42-13-15-47-16-18-54(51,52)19-17-47/h2-8,10,12,14,20,23,28,42-43H,9,11,13,15-19,21-22,24H2,1H3,(H,45,49)/t28-/m1/s1. The van der Waals surface area contributed by atoms with Crippen LogP contribution in [0, 0.1) is 0 Å². The fourth-order valence-electron chi connectivity index (χ4n) is 6.88. The number of carbonyl (C=O) groups excluding carboxylic acids is 1. The fraction of sp³-hybridized carbons (Fsp3) is 0.333. The Hall–Kier alpha value is -4.37. The first kappa shape index (κ1) is 37.9. The zero-order valence-electron chi connectivity index (χ0n) is 29.8. The summed E-state index contributed by atoms with van der Waals surface area (Å²) in [5, 5.41) is 10.6. The number of hydrogen-bond acceptors (Lipinski definition) is 10. The van der Waals surface area contributed by atoms with Crippen LogP contribution in [0.25, 0.3) is 39.2 Å². The molecule has 2 aliphatic heterocycles. The molecular formula is C39H41Cl2N7O5S. The maximum atomic E-state index is 13.3. The third kappa shape index (κ3) is 8.46. The lowest BCUT2D eigenvalue weighted by Gasteiger charge is -2.26. The average Bonchev–Trinajstić information content (AvgIpc) is 3.59. The molecule has 0 radical (unpaired) electrons. The topological polar surface area (TPSA) is 147 Å². The molecule has 1 amide bonds. The number of sulfone groups is 1. The maximum absolute atomic E-state index is 13.3. The Balaban J connectivity index is 1.06. The Morgan fingerprint density at radius 2 is 1.61 bits per heavy atom. The van der Waals surface area contributed by atoms with Crippen LogP contribution < -0.4 is 26.2 Å². The van der Waals surface area contributed by atoms with Crippen LogP contribution in [0.3, 0.4) is 0 Å². The van der Waals surface area contributed by atoms with E-state index in [0.717, 1.165) is 39.8 Å². The molecular weight excluding hydrogens is 749 g/mol. The molecule has 0 saturated carbocycles. The van der Waals surface area contributed by atoms with Crippen LogP contribution in [-0.4, -0.2) is 91.0 Å². The van der Waals surface area contributed by atoms with Crippen molar-refractivity contribution >= 4 is 44.6 Å². The number of ether oxygens (including phenoxy) is 1. The third-order valence-corrected chi connectivity index (χ3v) is 12.4. The lowest BCUT2D eigenvalue weighted by Crippen LogP contribution is -2.43. The van der Waals surface area contributed by atoms with Crippen molar-refractivity contribution in [3.05, 3.63) is 105 Å². The highest BCUT2D eigenvalue weighted by Gasteiger charge is 2.22. The molecule has 0 spiro atoms. The second-order valence-corrected chi connectivity index (χ2v) is 16.6. The molecule has 0 aliphatic carbocycles. The predicted octanol–water partition coefficient (Wildman–Crippen LogP) is 4.59. The van der Waals surface area contributed by atoms with Crippen molar-refractivity contribution in [2.24, 2.45) is 0 Å². The van der Waals surface area contributed by atoms with Gasteiger partial charge in [0, 0.05) is 104 Å². The van der Waals surface area contributed by atoms with Crippen LogP contribution >= 0.6 is 23.2 Å². The molecule has 282 valence electrons. The predicted molar refractivity (Wildman–Crippen MR) is 212 cm³/mol. The van der Waals surface area contributed by atoms with Crippen LogP contribution in [-0.2, 0) is 27.7 Å². The molecule has 12 nitrogen and oxygen atoms in total. The van der Waals surface area contributed by atoms with Crippen molar-refractivity contribution in [1.29, 1.82) is 0 Å². The Labute approximate surface area is 323 Å². The zero-order chi connectivity index (χ0) is 37.8. The summed E-state index contributed by atoms with van der Waals surface area (Å²) >= 11 is 14.2. The highest BCUT2D eigenvalue weighted by molar-refractivity contribution is 7.91. The molecule has 2 saturated heterocycles. The summed E-state index contributed by atoms with van der Waals surface area (Å²) in [7, 11) is -1.33. The number of nitrogens with zero attached hydrogens (tertiary/aromatic N) is 4. The second kappa shape index (κ2) is 16.6. The molecule has 3 N–H and O–H groups in total. The molecule has 5 heterocycles. The highest BCUT2D eigenvalue weighted by atomic mass is 35.5. The van der Waals surface area contributed by atoms with Gasteiger partial charge in [0.15, 0.2) is 9.84 Å². The van der Waals surface area contributed by atoms with Crippen LogP contribution in [0.5, 0.6) is 5.88 Å². The van der Waals surface area contributed by atoms with Crippen LogP contribution in [0.15, 0.2) is 77.9 Å². The summed E-state index contributed by atoms with van der Waals surface area (Å²) < 4.78 is 30.5. The van der Waals surface area contributed by atoms with Gasteiger partial charge in [-0.25, -0.2) is 18.4 Å². The molecule has 1 atom stereocenters. The van der Waals surface area contributed by atoms with E-state index < -0.39 is 9.84 Å². The van der Waals surface area contributed by atoms with Crippen molar-refractivity contribution < 1.29 is 17.9 Å². The van der Waals surface area contributed by atoms with Gasteiger partial charge in [-0.15, -0.1) is 0 Å². The van der Waals surface area contributed by atoms with Gasteiger partial charge in [-0.2, -0.15) is 0 Å². The Kier molecular flexibility index (Phi) is 11.6. The minimum Gasteiger partial charge on any atom is -0.481 e. The number of hydrogen-bond donors (Lipinski definition) is 3. The Bertz CT molecular complexity index is 2360. The zero-order valence-corrected chi connectivity index (χ0v) is 32.1. The summed E-state index contributed by atoms with van der Waals surface area (Å²) in [6.45, 7) is 3.95. The summed E-state index contributed by atoms with van der Waals surface area (Å²) in [4.78, 5) is 36.3. The van der Waals surface area contributed by atoms with Gasteiger partial charge in [0.1, 0.15) is 5.65 Å². The summed E-state index contributed by atoms with van der Waals surface area (Å²) in [5.74, 6) is 0.952. The van der Waals surface area contributed by atoms with Gasteiger partial charge in [-0.05, 0) is 30.2 Å². The van der Waals surface area contributed by atoms with Gasteiger partial charge in [0.25, 0.3) is 5.56 Å². The molecule has 2 aliphatic rings. The number of halogens is 2. The van der Waals surface area contributed by atoms with Gasteiger partial charge in [0.05, 0.1) is 34.4 Å². The first-order valence-electron chi connectivity index (χ1n) is 17.9. The van der Waals surface area contributed by atoms with Gasteiger partial charge < -0.3 is 25.6 Å². The van der Waals surface area contributed by atoms with E-state index in [2.05, 4.69) is 25.8 Å². The summed E-state index contributed by atoms with van der Waals surface area (Å²) in [6, 6.07) is 19.2. The molecule has 0 bridgehead atoms. The van der Waals surface area contributed by atoms with Crippen LogP contribution in [0.1, 0.15) is 24.0 Å². The number of methoxy groups -OCH3 is 1. The summed E-state index contributed by atoms with van der Waals surface area (Å²) in [5.41, 5.74) is 6.15. The Morgan fingerprint density at radius 3 is 2.33 bits per heavy atom. The van der Waals surface area contributed by atoms with Gasteiger partial charge in [-0.3, -0.25) is 14.0 Å². The largest absolute Gasteiger partial charge is 0.481 e. The number of nitrogens with one attached hydrogen (secondary N) is 3. The number of benzene rings is 2. The molecule has 3 aromatic heterocycles. The van der Waals surface area contributed by atoms with Crippen molar-refractivity contribution in [3.63, 3.8) is 0 Å². The maximum Gasteiger partial charge on any atom is 0.262 e. The minimum atomic E-state index is -2.92. The van der Waals surface area contributed by atoms with E-state index >= 15 is 0 Å². The molecule has 5 aromatic rings. The van der Waals surface area contributed by atoms with E-state index in [4.69, 9.17) is 32.9 Å². The van der Waals surface area contributed by atoms with Crippen molar-refractivity contribution in [3.8, 4) is 39.4 Å². The van der Waals surface area contributed by atoms with E-state index in [1.54, 1.807) is 19.5 Å². The molecule has 15 heteroatoms. The van der Waals surface area contributed by atoms with E-state index in [1.165, 1.54) is 4.40 Å². The van der Waals surface area contributed by atoms with Crippen molar-refractivity contribution in [2.75, 3.05) is 51.3 Å². The highest BCUT2D eigenvalue weighted by Crippen LogP contribution is 2.42. The lowest BCUT2D eigenvalue weighted by molar-refractivity contribution is -0.119. The number of aromatic nitrogens is 3. The van der Waals surface area contributed by atoms with Crippen molar-refractivity contribution in [2.45, 2.75) is 32.0 Å². The molecule has 7 rings (SSSR count). The number of rotatable bonds is 13. The van der Waals surface area contributed by atoms with E-state index in [9.17, 15) is 18.0 Å². The SMILES string of the molecule is COc1nc(-c2cccc(-c3cccc(-c4ccn5c(=O)c(CNCCN6CCS(=O)(=O)CC6)cnc5c4)c3Cl)c2Cl)ccc1CNC[C@H]1CCC(=O)N1. The smallest absolute Gasteiger partial charge is 0.262 e. The first-order chi connectivity index (χ1) is 26.1. The quantitative estimate of drug-likeness (QED) is 0.145. The molecule has 54 heavy (non-hydrogen) atoms. The summed E-state index contributed by atoms with van der Waals surface area (Å²) in [6.07, 6.45) is 4.68. The number of carbonyl (C=O) groups is 1. The minimum absolute atomic E-state index is 0.0888. The fourth-order valence-corrected chi connectivity index (χ4v) is 8.82. The van der Waals surface area contributed by atoms with E-state index in [-0.39, 0.29) is 29.0 Å². The Morgan fingerprint density at radius 1 is 0.907 bits per heavy atom. The van der Waals surface area contributed by atoms with Gasteiger partial charge >= 0.3 is 0 Å². The molecule has 2 aromatic carbocycles. The normalized spacial score (nSPS) is 17.2. The monoisotopic (exact) mass is 789 g/mol. The molecule has 0 unspecified atom stereocenters. The van der Waals surface area contributed by atoms with E-state index in [1.807, 2.05) is 60.7 Å².